The van der Waals surface area contributed by atoms with Gasteiger partial charge in [-0.2, -0.15) is 0 Å². The normalized spacial score (nSPS) is 20.5. The van der Waals surface area contributed by atoms with Crippen LogP contribution in [0.2, 0.25) is 10.0 Å². The van der Waals surface area contributed by atoms with E-state index in [1.54, 1.807) is 49.3 Å². The van der Waals surface area contributed by atoms with Crippen molar-refractivity contribution in [3.8, 4) is 22.8 Å². The second kappa shape index (κ2) is 31.3. The number of likely N-dealkylation sites (N-methyl/N-ethyl adjacent to an activating group) is 2. The molecule has 6 amide bonds. The first kappa shape index (κ1) is 64.7. The van der Waals surface area contributed by atoms with E-state index in [-0.39, 0.29) is 76.3 Å². The molecule has 84 heavy (non-hydrogen) atoms. The zero-order chi connectivity index (χ0) is 60.5. The van der Waals surface area contributed by atoms with Crippen LogP contribution >= 0.6 is 23.2 Å². The molecule has 0 spiro atoms. The molecule has 0 radical (unpaired) electrons. The molecule has 21 heteroatoms. The lowest BCUT2D eigenvalue weighted by Crippen LogP contribution is -2.59. The summed E-state index contributed by atoms with van der Waals surface area (Å²) in [5.74, 6) is -2.62. The average molecular weight is 1200 g/mol. The number of methoxy groups -OCH3 is 3. The number of rotatable bonds is 21. The van der Waals surface area contributed by atoms with Crippen molar-refractivity contribution in [3.63, 3.8) is 0 Å². The van der Waals surface area contributed by atoms with Crippen LogP contribution in [0.3, 0.4) is 0 Å². The van der Waals surface area contributed by atoms with Gasteiger partial charge in [-0.3, -0.25) is 28.8 Å². The van der Waals surface area contributed by atoms with Gasteiger partial charge in [0.25, 0.3) is 0 Å². The van der Waals surface area contributed by atoms with E-state index in [1.807, 2.05) is 104 Å². The Balaban J connectivity index is 1.36. The number of imidazole rings is 1. The van der Waals surface area contributed by atoms with Crippen LogP contribution in [0.1, 0.15) is 67.5 Å². The van der Waals surface area contributed by atoms with Gasteiger partial charge in [-0.25, -0.2) is 4.98 Å². The molecule has 1 aliphatic heterocycles. The van der Waals surface area contributed by atoms with E-state index in [0.717, 1.165) is 41.1 Å². The van der Waals surface area contributed by atoms with E-state index < -0.39 is 72.6 Å². The van der Waals surface area contributed by atoms with Crippen LogP contribution in [0.5, 0.6) is 11.5 Å². The molecular weight excluding hydrogens is 1110 g/mol. The second-order valence-electron chi connectivity index (χ2n) is 22.1. The maximum absolute atomic E-state index is 16.0. The number of nitrogens with zero attached hydrogens (tertiary/aromatic N) is 7. The lowest BCUT2D eigenvalue weighted by Gasteiger charge is -2.41. The fourth-order valence-corrected chi connectivity index (χ4v) is 11.4. The molecule has 2 N–H and O–H groups in total. The number of halogens is 2. The minimum absolute atomic E-state index is 0.119. The summed E-state index contributed by atoms with van der Waals surface area (Å²) in [6, 6.07) is 24.3. The fraction of sp³-hybridized carbons (Fsp3) is 0.476. The molecule has 1 aromatic heterocycles. The van der Waals surface area contributed by atoms with Crippen molar-refractivity contribution in [1.29, 1.82) is 0 Å². The number of carbonyl (C=O) groups excluding carboxylic acids is 6. The summed E-state index contributed by atoms with van der Waals surface area (Å²) >= 11 is 13.0. The predicted octanol–water partition coefficient (Wildman–Crippen LogP) is 7.20. The van der Waals surface area contributed by atoms with Gasteiger partial charge in [-0.1, -0.05) is 84.6 Å². The van der Waals surface area contributed by atoms with E-state index in [9.17, 15) is 9.59 Å². The Morgan fingerprint density at radius 2 is 1.40 bits per heavy atom. The second-order valence-corrected chi connectivity index (χ2v) is 22.9. The summed E-state index contributed by atoms with van der Waals surface area (Å²) in [7, 11) is 13.6. The van der Waals surface area contributed by atoms with Crippen LogP contribution in [-0.2, 0) is 76.0 Å². The highest BCUT2D eigenvalue weighted by molar-refractivity contribution is 6.31. The minimum atomic E-state index is -1.61. The first-order valence-electron chi connectivity index (χ1n) is 28.5. The Morgan fingerprint density at radius 1 is 0.738 bits per heavy atom. The van der Waals surface area contributed by atoms with Crippen LogP contribution in [0.15, 0.2) is 103 Å². The highest BCUT2D eigenvalue weighted by Crippen LogP contribution is 2.34. The van der Waals surface area contributed by atoms with Gasteiger partial charge in [0.05, 0.1) is 63.2 Å². The number of hydrogen-bond donors (Lipinski definition) is 2. The van der Waals surface area contributed by atoms with Crippen LogP contribution in [0.4, 0.5) is 0 Å². The molecule has 1 aliphatic carbocycles. The molecule has 0 unspecified atom stereocenters. The molecule has 2 aliphatic rings. The Labute approximate surface area is 503 Å². The third-order valence-electron chi connectivity index (χ3n) is 15.8. The summed E-state index contributed by atoms with van der Waals surface area (Å²) in [5, 5.41) is 6.99. The molecular formula is C63H81Cl2N9O10. The lowest BCUT2D eigenvalue weighted by molar-refractivity contribution is -0.150. The third kappa shape index (κ3) is 17.6. The van der Waals surface area contributed by atoms with Crippen molar-refractivity contribution in [1.82, 2.24) is 44.7 Å². The van der Waals surface area contributed by atoms with Gasteiger partial charge in [0, 0.05) is 102 Å². The van der Waals surface area contributed by atoms with Crippen molar-refractivity contribution < 1.29 is 47.7 Å². The molecule has 1 saturated heterocycles. The molecule has 19 nitrogen and oxygen atoms in total. The SMILES string of the molecule is COCCN(CCOC)C(=O)C[C@H]1C(=O)N[C@@H](COC)C(=O)N(C)[C@@H](Cc2ccc(Cl)cc2)CC(=O)N[C@H]2CCCC[C@@H]2N(C)C(=O)[C@H](Cc2ccccc2)CC(=O)N1Cc1ccc(Cl)cc1Oc1ccc(-c2cnc(CN(C)C)n2C)cc1. The number of hydrogen-bond acceptors (Lipinski definition) is 12. The highest BCUT2D eigenvalue weighted by atomic mass is 35.5. The molecule has 6 atom stereocenters. The molecule has 0 bridgehead atoms. The van der Waals surface area contributed by atoms with E-state index >= 15 is 19.2 Å². The molecule has 5 aromatic rings. The third-order valence-corrected chi connectivity index (χ3v) is 16.3. The number of ether oxygens (including phenoxy) is 4. The summed E-state index contributed by atoms with van der Waals surface area (Å²) in [5.41, 5.74) is 3.81. The zero-order valence-corrected chi connectivity index (χ0v) is 51.1. The first-order chi connectivity index (χ1) is 40.4. The number of amides is 6. The molecule has 7 rings (SSSR count). The van der Waals surface area contributed by atoms with E-state index in [2.05, 4.69) is 15.6 Å². The molecule has 2 heterocycles. The molecule has 4 aromatic carbocycles. The van der Waals surface area contributed by atoms with E-state index in [1.165, 1.54) is 36.0 Å². The molecule has 2 fully saturated rings. The largest absolute Gasteiger partial charge is 0.457 e. The Morgan fingerprint density at radius 3 is 2.07 bits per heavy atom. The summed E-state index contributed by atoms with van der Waals surface area (Å²) in [4.78, 5) is 104. The van der Waals surface area contributed by atoms with E-state index in [0.29, 0.717) is 40.7 Å². The van der Waals surface area contributed by atoms with Crippen molar-refractivity contribution in [2.75, 3.05) is 82.4 Å². The minimum Gasteiger partial charge on any atom is -0.457 e. The number of nitrogens with one attached hydrogen (secondary N) is 2. The quantitative estimate of drug-likeness (QED) is 0.0751. The van der Waals surface area contributed by atoms with Crippen molar-refractivity contribution in [3.05, 3.63) is 136 Å². The zero-order valence-electron chi connectivity index (χ0n) is 49.6. The van der Waals surface area contributed by atoms with Crippen molar-refractivity contribution in [2.45, 2.75) is 101 Å². The summed E-state index contributed by atoms with van der Waals surface area (Å²) in [6.07, 6.45) is 3.93. The van der Waals surface area contributed by atoms with E-state index in [4.69, 9.17) is 42.1 Å². The highest BCUT2D eigenvalue weighted by Gasteiger charge is 2.41. The topological polar surface area (TPSA) is 197 Å². The standard InChI is InChI=1S/C63H81Cl2N9O10/c1-69(2)40-57-66-38-55(71(57)4)44-21-26-50(27-22-44)84-56-35-48(65)25-20-45(56)39-74-54(37-59(76)73(28-30-81-6)29-31-82-7)61(78)68-52(41-83-8)63(80)70(3)49(33-43-18-23-47(64)24-19-43)36-58(75)67-51-16-12-13-17-53(51)72(5)62(79)46(34-60(74)77)32-42-14-10-9-11-15-42/h9-11,14-15,18-27,35,38,46,49,51-54H,12-13,16-17,28-34,36-37,39-41H2,1-8H3,(H,67,75)(H,68,78)/t46-,49+,51+,52+,53+,54+/m1/s1. The Bertz CT molecular complexity index is 2990. The van der Waals surface area contributed by atoms with Gasteiger partial charge in [0.2, 0.25) is 35.4 Å². The molecule has 452 valence electrons. The van der Waals surface area contributed by atoms with Gasteiger partial charge in [-0.15, -0.1) is 0 Å². The summed E-state index contributed by atoms with van der Waals surface area (Å²) < 4.78 is 25.1. The Kier molecular flexibility index (Phi) is 24.1. The fourth-order valence-electron chi connectivity index (χ4n) is 11.1. The van der Waals surface area contributed by atoms with Crippen molar-refractivity contribution >= 4 is 58.6 Å². The van der Waals surface area contributed by atoms with Crippen LogP contribution < -0.4 is 15.4 Å². The maximum atomic E-state index is 16.0. The van der Waals surface area contributed by atoms with Gasteiger partial charge in [0.15, 0.2) is 0 Å². The smallest absolute Gasteiger partial charge is 0.247 e. The van der Waals surface area contributed by atoms with Gasteiger partial charge < -0.3 is 58.6 Å². The van der Waals surface area contributed by atoms with Gasteiger partial charge in [-0.05, 0) is 99.4 Å². The van der Waals surface area contributed by atoms with Crippen LogP contribution in [-0.4, -0.2) is 182 Å². The predicted molar refractivity (Wildman–Crippen MR) is 322 cm³/mol. The van der Waals surface area contributed by atoms with Crippen LogP contribution in [0, 0.1) is 5.92 Å². The lowest BCUT2D eigenvalue weighted by atomic mass is 9.87. The number of benzene rings is 4. The Hall–Kier alpha value is -6.87. The van der Waals surface area contributed by atoms with Gasteiger partial charge >= 0.3 is 0 Å². The van der Waals surface area contributed by atoms with Gasteiger partial charge in [0.1, 0.15) is 29.4 Å². The van der Waals surface area contributed by atoms with Crippen LogP contribution in [0.25, 0.3) is 11.3 Å². The first-order valence-corrected chi connectivity index (χ1v) is 29.3. The monoisotopic (exact) mass is 1190 g/mol. The number of fused-ring (bicyclic) bond motifs is 1. The van der Waals surface area contributed by atoms with Crippen molar-refractivity contribution in [2.24, 2.45) is 13.0 Å². The number of carbonyl (C=O) groups is 6. The number of aromatic nitrogens is 2. The summed E-state index contributed by atoms with van der Waals surface area (Å²) in [6.45, 7) is 0.604. The molecule has 1 saturated carbocycles. The average Bonchev–Trinajstić information content (AvgIpc) is 3.77. The maximum Gasteiger partial charge on any atom is 0.247 e.